The molecule has 3 aliphatic rings. The predicted molar refractivity (Wildman–Crippen MR) is 146 cm³/mol. The van der Waals surface area contributed by atoms with E-state index in [1.807, 2.05) is 6.92 Å². The number of rotatable bonds is 5. The second-order valence-corrected chi connectivity index (χ2v) is 14.6. The number of alkyl halides is 7. The minimum Gasteiger partial charge on any atom is -0.337 e. The summed E-state index contributed by atoms with van der Waals surface area (Å²) in [5.74, 6) is -2.20. The molecule has 14 heteroatoms. The number of aryl methyl sites for hydroxylation is 1. The number of halogens is 8. The summed E-state index contributed by atoms with van der Waals surface area (Å²) in [6.07, 6.45) is -12.1. The van der Waals surface area contributed by atoms with Crippen LogP contribution >= 0.6 is 0 Å². The van der Waals surface area contributed by atoms with Gasteiger partial charge in [-0.1, -0.05) is 31.2 Å². The molecule has 5 rings (SSSR count). The third-order valence-corrected chi connectivity index (χ3v) is 12.5. The second-order valence-electron chi connectivity index (χ2n) is 12.4. The Morgan fingerprint density at radius 2 is 1.60 bits per heavy atom. The standard InChI is InChI=1S/C31H31F8NO4S/c1-17-14-19(18(2)41)6-9-24(17)27(42)40-13-12-28(45(43,44)23-5-3-4-22(32)16-23)25-10-8-21(15-20(25)7-11-26(28)40)29(33,30(34,35)36)31(37,38)39/h3-5,8,10,15-17,19,24,26H,6-7,9,11-14H2,1-2H3/t17-,19?,24+,26?,28?/m0/s1. The Bertz CT molecular complexity index is 1610. The molecule has 2 fully saturated rings. The van der Waals surface area contributed by atoms with Crippen molar-refractivity contribution in [3.05, 3.63) is 65.0 Å². The van der Waals surface area contributed by atoms with Crippen molar-refractivity contribution in [3.63, 3.8) is 0 Å². The zero-order valence-corrected chi connectivity index (χ0v) is 25.1. The molecule has 0 bridgehead atoms. The maximum Gasteiger partial charge on any atom is 0.435 e. The number of carbonyl (C=O) groups is 2. The minimum atomic E-state index is -6.36. The molecule has 5 atom stereocenters. The number of fused-ring (bicyclic) bond motifs is 3. The number of nitrogens with zero attached hydrogens (tertiary/aromatic N) is 1. The number of hydrogen-bond acceptors (Lipinski definition) is 4. The van der Waals surface area contributed by atoms with E-state index in [1.165, 1.54) is 11.8 Å². The van der Waals surface area contributed by atoms with Crippen LogP contribution in [0.15, 0.2) is 47.4 Å². The summed E-state index contributed by atoms with van der Waals surface area (Å²) in [5, 5.41) is 0. The molecule has 0 aromatic heterocycles. The molecule has 1 amide bonds. The topological polar surface area (TPSA) is 71.5 Å². The van der Waals surface area contributed by atoms with Gasteiger partial charge in [-0.05, 0) is 80.7 Å². The van der Waals surface area contributed by atoms with Crippen molar-refractivity contribution in [2.75, 3.05) is 6.54 Å². The highest BCUT2D eigenvalue weighted by atomic mass is 32.2. The molecule has 1 saturated heterocycles. The lowest BCUT2D eigenvalue weighted by Gasteiger charge is -2.44. The largest absolute Gasteiger partial charge is 0.435 e. The van der Waals surface area contributed by atoms with Crippen molar-refractivity contribution in [3.8, 4) is 0 Å². The van der Waals surface area contributed by atoms with Crippen molar-refractivity contribution in [2.45, 2.75) is 86.1 Å². The van der Waals surface area contributed by atoms with Gasteiger partial charge in [-0.25, -0.2) is 17.2 Å². The van der Waals surface area contributed by atoms with Crippen molar-refractivity contribution in [2.24, 2.45) is 17.8 Å². The third kappa shape index (κ3) is 5.05. The van der Waals surface area contributed by atoms with E-state index in [2.05, 4.69) is 0 Å². The van der Waals surface area contributed by atoms with Gasteiger partial charge in [-0.3, -0.25) is 9.59 Å². The van der Waals surface area contributed by atoms with Crippen LogP contribution in [0.3, 0.4) is 0 Å². The van der Waals surface area contributed by atoms with Crippen molar-refractivity contribution in [1.82, 2.24) is 4.90 Å². The summed E-state index contributed by atoms with van der Waals surface area (Å²) in [6.45, 7) is 3.20. The maximum atomic E-state index is 15.0. The van der Waals surface area contributed by atoms with Crippen LogP contribution in [0.4, 0.5) is 35.1 Å². The summed E-state index contributed by atoms with van der Waals surface area (Å²) in [6, 6.07) is 4.43. The van der Waals surface area contributed by atoms with Crippen LogP contribution in [0.5, 0.6) is 0 Å². The Morgan fingerprint density at radius 3 is 2.18 bits per heavy atom. The number of benzene rings is 2. The summed E-state index contributed by atoms with van der Waals surface area (Å²) >= 11 is 0. The average molecular weight is 666 g/mol. The first-order valence-corrected chi connectivity index (χ1v) is 16.0. The van der Waals surface area contributed by atoms with Gasteiger partial charge < -0.3 is 4.90 Å². The van der Waals surface area contributed by atoms with Crippen molar-refractivity contribution in [1.29, 1.82) is 0 Å². The first-order chi connectivity index (χ1) is 20.8. The van der Waals surface area contributed by atoms with Crippen LogP contribution in [0.25, 0.3) is 0 Å². The molecule has 1 heterocycles. The van der Waals surface area contributed by atoms with Crippen LogP contribution in [-0.2, 0) is 36.3 Å². The lowest BCUT2D eigenvalue weighted by Crippen LogP contribution is -2.54. The molecule has 0 radical (unpaired) electrons. The van der Waals surface area contributed by atoms with E-state index in [4.69, 9.17) is 0 Å². The molecule has 1 aliphatic heterocycles. The fraction of sp³-hybridized carbons (Fsp3) is 0.548. The summed E-state index contributed by atoms with van der Waals surface area (Å²) in [4.78, 5) is 26.9. The number of hydrogen-bond donors (Lipinski definition) is 0. The molecule has 2 aromatic rings. The van der Waals surface area contributed by atoms with E-state index >= 15 is 4.39 Å². The zero-order chi connectivity index (χ0) is 33.3. The summed E-state index contributed by atoms with van der Waals surface area (Å²) < 4.78 is 138. The van der Waals surface area contributed by atoms with E-state index < -0.39 is 60.8 Å². The van der Waals surface area contributed by atoms with Gasteiger partial charge in [0, 0.05) is 23.9 Å². The quantitative estimate of drug-likeness (QED) is 0.324. The van der Waals surface area contributed by atoms with Crippen LogP contribution in [0, 0.1) is 23.6 Å². The van der Waals surface area contributed by atoms with Gasteiger partial charge in [-0.15, -0.1) is 0 Å². The zero-order valence-electron chi connectivity index (χ0n) is 24.3. The molecule has 0 spiro atoms. The van der Waals surface area contributed by atoms with Crippen LogP contribution in [0.1, 0.15) is 62.6 Å². The van der Waals surface area contributed by atoms with Gasteiger partial charge in [0.05, 0.1) is 10.9 Å². The monoisotopic (exact) mass is 665 g/mol. The number of carbonyl (C=O) groups excluding carboxylic acids is 2. The summed E-state index contributed by atoms with van der Waals surface area (Å²) in [5.41, 5.74) is -7.83. The highest BCUT2D eigenvalue weighted by Gasteiger charge is 2.74. The van der Waals surface area contributed by atoms with Gasteiger partial charge in [0.15, 0.2) is 9.84 Å². The van der Waals surface area contributed by atoms with E-state index in [1.54, 1.807) is 0 Å². The van der Waals surface area contributed by atoms with Gasteiger partial charge in [0.2, 0.25) is 5.91 Å². The predicted octanol–water partition coefficient (Wildman–Crippen LogP) is 6.97. The maximum absolute atomic E-state index is 15.0. The fourth-order valence-corrected chi connectivity index (χ4v) is 10.1. The average Bonchev–Trinajstić information content (AvgIpc) is 3.36. The molecule has 0 N–H and O–H groups in total. The van der Waals surface area contributed by atoms with E-state index in [0.717, 1.165) is 30.3 Å². The normalized spacial score (nSPS) is 27.6. The molecule has 3 unspecified atom stereocenters. The number of Topliss-reactive ketones (excluding diaryl/α,β-unsaturated/α-hetero) is 1. The Hall–Kier alpha value is -3.03. The van der Waals surface area contributed by atoms with Crippen molar-refractivity contribution >= 4 is 21.5 Å². The van der Waals surface area contributed by atoms with Crippen LogP contribution in [-0.4, -0.2) is 49.9 Å². The molecular weight excluding hydrogens is 634 g/mol. The number of amides is 1. The molecule has 2 aliphatic carbocycles. The Labute approximate surface area is 254 Å². The third-order valence-electron chi connectivity index (χ3n) is 10.00. The Morgan fingerprint density at radius 1 is 0.933 bits per heavy atom. The lowest BCUT2D eigenvalue weighted by atomic mass is 9.72. The molecule has 45 heavy (non-hydrogen) atoms. The number of sulfone groups is 1. The Balaban J connectivity index is 1.64. The SMILES string of the molecule is CC(=O)C1CC[C@@H](C(=O)N2CCC3(S(=O)(=O)c4cccc(F)c4)c4ccc(C(F)(C(F)(F)F)C(F)(F)F)cc4CCC23)[C@@H](C)C1. The summed E-state index contributed by atoms with van der Waals surface area (Å²) in [7, 11) is -4.65. The van der Waals surface area contributed by atoms with E-state index in [9.17, 15) is 48.7 Å². The van der Waals surface area contributed by atoms with Gasteiger partial charge in [0.25, 0.3) is 0 Å². The molecule has 246 valence electrons. The highest BCUT2D eigenvalue weighted by Crippen LogP contribution is 2.57. The van der Waals surface area contributed by atoms with Crippen LogP contribution < -0.4 is 0 Å². The highest BCUT2D eigenvalue weighted by molar-refractivity contribution is 7.92. The first-order valence-electron chi connectivity index (χ1n) is 14.5. The lowest BCUT2D eigenvalue weighted by molar-refractivity contribution is -0.348. The van der Waals surface area contributed by atoms with E-state index in [-0.39, 0.29) is 60.5 Å². The van der Waals surface area contributed by atoms with Gasteiger partial charge in [0.1, 0.15) is 16.3 Å². The Kier molecular flexibility index (Phi) is 8.18. The number of ketones is 1. The van der Waals surface area contributed by atoms with Gasteiger partial charge >= 0.3 is 18.0 Å². The smallest absolute Gasteiger partial charge is 0.337 e. The van der Waals surface area contributed by atoms with E-state index in [0.29, 0.717) is 31.4 Å². The molecular formula is C31H31F8NO4S. The van der Waals surface area contributed by atoms with Crippen molar-refractivity contribution < 1.29 is 53.1 Å². The first kappa shape index (κ1) is 33.3. The fourth-order valence-electron chi connectivity index (χ4n) is 7.68. The van der Waals surface area contributed by atoms with Crippen LogP contribution in [0.2, 0.25) is 0 Å². The minimum absolute atomic E-state index is 0.00530. The molecule has 1 saturated carbocycles. The second kappa shape index (κ2) is 11.0. The molecule has 2 aromatic carbocycles. The number of likely N-dealkylation sites (tertiary alicyclic amines) is 1. The van der Waals surface area contributed by atoms with Gasteiger partial charge in [-0.2, -0.15) is 26.3 Å². The molecule has 5 nitrogen and oxygen atoms in total.